The molecule has 1 heterocycles. The van der Waals surface area contributed by atoms with Crippen LogP contribution < -0.4 is 0 Å². The highest BCUT2D eigenvalue weighted by Crippen LogP contribution is 2.19. The summed E-state index contributed by atoms with van der Waals surface area (Å²) >= 11 is 1.56. The number of rotatable bonds is 3. The second-order valence-electron chi connectivity index (χ2n) is 3.50. The van der Waals surface area contributed by atoms with Crippen molar-refractivity contribution in [2.24, 2.45) is 7.05 Å². The molecule has 0 aliphatic rings. The van der Waals surface area contributed by atoms with E-state index in [1.54, 1.807) is 11.8 Å². The average Bonchev–Trinajstić information content (AvgIpc) is 2.57. The monoisotopic (exact) mass is 219 g/mol. The number of benzene rings is 1. The lowest BCUT2D eigenvalue weighted by molar-refractivity contribution is 0.101. The van der Waals surface area contributed by atoms with Crippen molar-refractivity contribution in [3.05, 3.63) is 36.0 Å². The van der Waals surface area contributed by atoms with E-state index in [4.69, 9.17) is 0 Å². The molecule has 1 aromatic heterocycles. The van der Waals surface area contributed by atoms with Crippen molar-refractivity contribution in [3.63, 3.8) is 0 Å². The summed E-state index contributed by atoms with van der Waals surface area (Å²) in [5, 5.41) is 1.13. The summed E-state index contributed by atoms with van der Waals surface area (Å²) in [5.41, 5.74) is 1.91. The molecule has 0 saturated carbocycles. The summed E-state index contributed by atoms with van der Waals surface area (Å²) in [6.45, 7) is 0. The number of hydrogen-bond donors (Lipinski definition) is 0. The van der Waals surface area contributed by atoms with Crippen molar-refractivity contribution in [2.75, 3.05) is 12.0 Å². The first-order chi connectivity index (χ1) is 7.24. The first-order valence-corrected chi connectivity index (χ1v) is 6.20. The maximum Gasteiger partial charge on any atom is 0.189 e. The molecule has 15 heavy (non-hydrogen) atoms. The summed E-state index contributed by atoms with van der Waals surface area (Å²) in [5.74, 6) is 0.741. The Kier molecular flexibility index (Phi) is 2.82. The number of ketones is 1. The van der Waals surface area contributed by atoms with Crippen LogP contribution in [0, 0.1) is 0 Å². The number of hydrogen-bond acceptors (Lipinski definition) is 2. The minimum atomic E-state index is 0.196. The second kappa shape index (κ2) is 4.11. The highest BCUT2D eigenvalue weighted by atomic mass is 32.2. The number of nitrogens with zero attached hydrogens (tertiary/aromatic N) is 1. The fourth-order valence-electron chi connectivity index (χ4n) is 1.76. The molecular weight excluding hydrogens is 206 g/mol. The van der Waals surface area contributed by atoms with Crippen LogP contribution in [0.5, 0.6) is 0 Å². The molecule has 2 aromatic rings. The molecule has 0 unspecified atom stereocenters. The molecule has 0 aliphatic carbocycles. The van der Waals surface area contributed by atoms with Crippen molar-refractivity contribution in [3.8, 4) is 0 Å². The van der Waals surface area contributed by atoms with Crippen LogP contribution in [-0.2, 0) is 7.05 Å². The number of Topliss-reactive ketones (excluding diaryl/α,β-unsaturated/α-hetero) is 1. The topological polar surface area (TPSA) is 22.0 Å². The molecule has 0 amide bonds. The molecule has 78 valence electrons. The average molecular weight is 219 g/mol. The van der Waals surface area contributed by atoms with E-state index in [9.17, 15) is 4.79 Å². The van der Waals surface area contributed by atoms with Crippen LogP contribution in [-0.4, -0.2) is 22.4 Å². The maximum atomic E-state index is 11.8. The smallest absolute Gasteiger partial charge is 0.189 e. The number of fused-ring (bicyclic) bond motifs is 1. The third-order valence-electron chi connectivity index (χ3n) is 2.51. The van der Waals surface area contributed by atoms with Crippen molar-refractivity contribution >= 4 is 28.4 Å². The maximum absolute atomic E-state index is 11.8. The van der Waals surface area contributed by atoms with Crippen molar-refractivity contribution in [2.45, 2.75) is 0 Å². The van der Waals surface area contributed by atoms with Gasteiger partial charge in [-0.15, -0.1) is 0 Å². The van der Waals surface area contributed by atoms with Gasteiger partial charge in [-0.3, -0.25) is 4.79 Å². The van der Waals surface area contributed by atoms with Gasteiger partial charge in [0.15, 0.2) is 5.78 Å². The van der Waals surface area contributed by atoms with Gasteiger partial charge in [0.1, 0.15) is 0 Å². The largest absolute Gasteiger partial charge is 0.341 e. The van der Waals surface area contributed by atoms with Crippen LogP contribution in [0.15, 0.2) is 30.3 Å². The quantitative estimate of drug-likeness (QED) is 0.740. The molecule has 1 aromatic carbocycles. The van der Waals surface area contributed by atoms with E-state index in [0.29, 0.717) is 5.75 Å². The molecule has 3 heteroatoms. The first kappa shape index (κ1) is 10.3. The summed E-state index contributed by atoms with van der Waals surface area (Å²) in [6.07, 6.45) is 1.94. The minimum absolute atomic E-state index is 0.196. The fourth-order valence-corrected chi connectivity index (χ4v) is 2.17. The molecule has 0 aliphatic heterocycles. The Hall–Kier alpha value is -1.22. The van der Waals surface area contributed by atoms with Gasteiger partial charge < -0.3 is 4.57 Å². The number of aromatic nitrogens is 1. The minimum Gasteiger partial charge on any atom is -0.341 e. The zero-order valence-corrected chi connectivity index (χ0v) is 9.67. The van der Waals surface area contributed by atoms with Crippen LogP contribution in [0.3, 0.4) is 0 Å². The molecule has 0 fully saturated rings. The van der Waals surface area contributed by atoms with Gasteiger partial charge in [0.2, 0.25) is 0 Å². The third-order valence-corrected chi connectivity index (χ3v) is 3.06. The van der Waals surface area contributed by atoms with Crippen molar-refractivity contribution < 1.29 is 4.79 Å². The molecule has 0 saturated heterocycles. The number of carbonyl (C=O) groups excluding carboxylic acids is 1. The van der Waals surface area contributed by atoms with Crippen LogP contribution in [0.1, 0.15) is 10.5 Å². The fraction of sp³-hybridized carbons (Fsp3) is 0.250. The van der Waals surface area contributed by atoms with Gasteiger partial charge in [0.05, 0.1) is 11.4 Å². The lowest BCUT2D eigenvalue weighted by Gasteiger charge is -2.01. The third kappa shape index (κ3) is 1.79. The predicted octanol–water partition coefficient (Wildman–Crippen LogP) is 2.72. The van der Waals surface area contributed by atoms with E-state index >= 15 is 0 Å². The van der Waals surface area contributed by atoms with E-state index in [0.717, 1.165) is 16.6 Å². The van der Waals surface area contributed by atoms with Gasteiger partial charge in [0, 0.05) is 18.0 Å². The Morgan fingerprint density at radius 2 is 2.13 bits per heavy atom. The van der Waals surface area contributed by atoms with E-state index < -0.39 is 0 Å². The Morgan fingerprint density at radius 3 is 2.80 bits per heavy atom. The Balaban J connectivity index is 2.53. The molecule has 2 rings (SSSR count). The van der Waals surface area contributed by atoms with Crippen LogP contribution in [0.25, 0.3) is 10.9 Å². The first-order valence-electron chi connectivity index (χ1n) is 4.80. The van der Waals surface area contributed by atoms with Gasteiger partial charge in [-0.25, -0.2) is 0 Å². The van der Waals surface area contributed by atoms with Crippen molar-refractivity contribution in [1.29, 1.82) is 0 Å². The summed E-state index contributed by atoms with van der Waals surface area (Å²) < 4.78 is 1.97. The second-order valence-corrected chi connectivity index (χ2v) is 4.37. The van der Waals surface area contributed by atoms with Gasteiger partial charge >= 0.3 is 0 Å². The van der Waals surface area contributed by atoms with E-state index in [1.165, 1.54) is 0 Å². The molecule has 0 N–H and O–H groups in total. The lowest BCUT2D eigenvalue weighted by atomic mass is 10.2. The standard InChI is InChI=1S/C12H13NOS/c1-13-10-6-4-3-5-9(10)7-11(13)12(14)8-15-2/h3-7H,8H2,1-2H3. The highest BCUT2D eigenvalue weighted by molar-refractivity contribution is 7.99. The van der Waals surface area contributed by atoms with Gasteiger partial charge in [-0.2, -0.15) is 11.8 Å². The van der Waals surface area contributed by atoms with E-state index in [2.05, 4.69) is 0 Å². The zero-order valence-electron chi connectivity index (χ0n) is 8.86. The van der Waals surface area contributed by atoms with Crippen molar-refractivity contribution in [1.82, 2.24) is 4.57 Å². The molecule has 0 radical (unpaired) electrons. The Labute approximate surface area is 93.3 Å². The molecule has 0 bridgehead atoms. The SMILES string of the molecule is CSCC(=O)c1cc2ccccc2n1C. The molecular formula is C12H13NOS. The van der Waals surface area contributed by atoms with Crippen LogP contribution in [0.4, 0.5) is 0 Å². The lowest BCUT2D eigenvalue weighted by Crippen LogP contribution is -2.07. The summed E-state index contributed by atoms with van der Waals surface area (Å²) in [4.78, 5) is 11.8. The summed E-state index contributed by atoms with van der Waals surface area (Å²) in [6, 6.07) is 10.0. The van der Waals surface area contributed by atoms with E-state index in [-0.39, 0.29) is 5.78 Å². The Bertz CT molecular complexity index is 501. The zero-order chi connectivity index (χ0) is 10.8. The highest BCUT2D eigenvalue weighted by Gasteiger charge is 2.11. The number of carbonyl (C=O) groups is 1. The number of aryl methyl sites for hydroxylation is 1. The van der Waals surface area contributed by atoms with Crippen LogP contribution in [0.2, 0.25) is 0 Å². The molecule has 0 spiro atoms. The predicted molar refractivity (Wildman–Crippen MR) is 65.6 cm³/mol. The van der Waals surface area contributed by atoms with Gasteiger partial charge in [-0.05, 0) is 18.4 Å². The van der Waals surface area contributed by atoms with Gasteiger partial charge in [0.25, 0.3) is 0 Å². The Morgan fingerprint density at radius 1 is 1.40 bits per heavy atom. The number of para-hydroxylation sites is 1. The molecule has 0 atom stereocenters. The number of thioether (sulfide) groups is 1. The summed E-state index contributed by atoms with van der Waals surface area (Å²) in [7, 11) is 1.94. The van der Waals surface area contributed by atoms with Crippen LogP contribution >= 0.6 is 11.8 Å². The molecule has 2 nitrogen and oxygen atoms in total. The van der Waals surface area contributed by atoms with E-state index in [1.807, 2.05) is 48.2 Å². The normalized spacial score (nSPS) is 10.8. The van der Waals surface area contributed by atoms with Gasteiger partial charge in [-0.1, -0.05) is 18.2 Å².